The predicted molar refractivity (Wildman–Crippen MR) is 212 cm³/mol. The fourth-order valence-electron chi connectivity index (χ4n) is 8.89. The Balaban J connectivity index is 1.27. The number of nitro benzene ring substituents is 1. The molecule has 2 aliphatic heterocycles. The molecule has 0 saturated carbocycles. The summed E-state index contributed by atoms with van der Waals surface area (Å²) in [5.41, 5.74) is 3.55. The second-order valence-corrected chi connectivity index (χ2v) is 20.1. The van der Waals surface area contributed by atoms with Gasteiger partial charge in [0.25, 0.3) is 14.0 Å². The zero-order valence-electron chi connectivity index (χ0n) is 31.4. The average molecular weight is 761 g/mol. The number of nitrogens with zero attached hydrogens (tertiary/aromatic N) is 2. The summed E-state index contributed by atoms with van der Waals surface area (Å²) < 4.78 is 28.0. The lowest BCUT2D eigenvalue weighted by atomic mass is 9.69. The molecule has 0 aromatic heterocycles. The van der Waals surface area contributed by atoms with Crippen LogP contribution < -0.4 is 15.3 Å². The maximum Gasteiger partial charge on any atom is 0.271 e. The first-order valence-electron chi connectivity index (χ1n) is 18.7. The third kappa shape index (κ3) is 7.08. The minimum absolute atomic E-state index is 0.187. The van der Waals surface area contributed by atoms with E-state index in [1.54, 1.807) is 12.1 Å². The summed E-state index contributed by atoms with van der Waals surface area (Å²) in [5, 5.41) is 23.2. The minimum Gasteiger partial charge on any atom is -0.505 e. The van der Waals surface area contributed by atoms with E-state index in [2.05, 4.69) is 45.0 Å². The number of hydrogen-bond donors (Lipinski definition) is 1. The first-order valence-corrected chi connectivity index (χ1v) is 20.6. The van der Waals surface area contributed by atoms with Crippen molar-refractivity contribution in [2.45, 2.75) is 58.1 Å². The number of halogens is 1. The highest BCUT2D eigenvalue weighted by Gasteiger charge is 2.58. The Morgan fingerprint density at radius 1 is 0.964 bits per heavy atom. The molecule has 9 nitrogen and oxygen atoms in total. The molecule has 11 heteroatoms. The molecule has 0 radical (unpaired) electrons. The largest absolute Gasteiger partial charge is 0.505 e. The number of anilines is 1. The molecule has 4 aromatic carbocycles. The Kier molecular flexibility index (Phi) is 10.5. The van der Waals surface area contributed by atoms with Crippen molar-refractivity contribution >= 4 is 48.0 Å². The van der Waals surface area contributed by atoms with Gasteiger partial charge < -0.3 is 14.3 Å². The van der Waals surface area contributed by atoms with Crippen molar-refractivity contribution in [3.8, 4) is 5.75 Å². The molecule has 3 aliphatic rings. The summed E-state index contributed by atoms with van der Waals surface area (Å²) in [5.74, 6) is -3.57. The number of imide groups is 1. The van der Waals surface area contributed by atoms with Crippen LogP contribution in [0.25, 0.3) is 6.08 Å². The first-order chi connectivity index (χ1) is 26.3. The van der Waals surface area contributed by atoms with Crippen molar-refractivity contribution in [1.29, 1.82) is 0 Å². The molecule has 0 spiro atoms. The summed E-state index contributed by atoms with van der Waals surface area (Å²) in [6.45, 7) is 9.08. The van der Waals surface area contributed by atoms with Gasteiger partial charge in [0.05, 0.1) is 41.8 Å². The van der Waals surface area contributed by atoms with Gasteiger partial charge in [0, 0.05) is 18.1 Å². The standard InChI is InChI=1S/C44H45FN2O7Si/c1-28(22-29-19-20-38(48)37(45)23-29)18-21-39-40-30(26-54-55(44(2,3)4,33-14-7-5-8-15-33)34-16-9-6-10-17-34)24-35-41(36(40)27-53-39)43(50)46(42(35)49)31-12-11-13-32(25-31)47(51)52/h5-17,19-20,22-23,25,35-36,39,41,48H,18,21,24,26-27H2,1-4H3/b28-22+/t35-,36+,39-,41-/m1/s1. The van der Waals surface area contributed by atoms with Crippen LogP contribution in [0.2, 0.25) is 5.04 Å². The number of phenolic OH excluding ortho intramolecular Hbond substituents is 1. The molecular formula is C44H45FN2O7Si. The topological polar surface area (TPSA) is 119 Å². The number of carbonyl (C=O) groups excluding carboxylic acids is 2. The summed E-state index contributed by atoms with van der Waals surface area (Å²) in [7, 11) is -2.99. The van der Waals surface area contributed by atoms with Crippen LogP contribution in [0.3, 0.4) is 0 Å². The third-order valence-electron chi connectivity index (χ3n) is 11.4. The van der Waals surface area contributed by atoms with Gasteiger partial charge in [-0.3, -0.25) is 19.7 Å². The van der Waals surface area contributed by atoms with Gasteiger partial charge >= 0.3 is 0 Å². The van der Waals surface area contributed by atoms with Crippen LogP contribution in [0, 0.1) is 33.7 Å². The number of allylic oxidation sites excluding steroid dienone is 1. The SMILES string of the molecule is C/C(=C\c1ccc(O)c(F)c1)CC[C@H]1OC[C@H]2C1=C(CO[Si](c1ccccc1)(c1ccccc1)C(C)(C)C)C[C@H]1C(=O)N(c3cccc([N+](=O)[O-])c3)C(=O)[C@H]12. The lowest BCUT2D eigenvalue weighted by Crippen LogP contribution is -2.66. The molecule has 4 atom stereocenters. The zero-order chi connectivity index (χ0) is 39.1. The third-order valence-corrected chi connectivity index (χ3v) is 16.4. The molecule has 284 valence electrons. The Labute approximate surface area is 321 Å². The second-order valence-electron chi connectivity index (χ2n) is 15.8. The van der Waals surface area contributed by atoms with Gasteiger partial charge in [0.15, 0.2) is 11.6 Å². The molecule has 2 heterocycles. The van der Waals surface area contributed by atoms with Crippen molar-refractivity contribution in [1.82, 2.24) is 0 Å². The molecule has 2 saturated heterocycles. The fraction of sp³-hybridized carbons (Fsp3) is 0.318. The Bertz CT molecular complexity index is 2140. The minimum atomic E-state index is -2.99. The Morgan fingerprint density at radius 2 is 1.64 bits per heavy atom. The smallest absolute Gasteiger partial charge is 0.271 e. The number of phenols is 1. The molecule has 4 aromatic rings. The summed E-state index contributed by atoms with van der Waals surface area (Å²) in [6.07, 6.45) is 3.03. The number of fused-ring (bicyclic) bond motifs is 3. The number of carbonyl (C=O) groups is 2. The number of aromatic hydroxyl groups is 1. The normalized spacial score (nSPS) is 21.5. The molecular weight excluding hydrogens is 716 g/mol. The van der Waals surface area contributed by atoms with Crippen LogP contribution in [-0.2, 0) is 18.8 Å². The number of hydrogen-bond acceptors (Lipinski definition) is 7. The molecule has 0 bridgehead atoms. The van der Waals surface area contributed by atoms with E-state index in [1.165, 1.54) is 30.3 Å². The van der Waals surface area contributed by atoms with Crippen LogP contribution in [0.4, 0.5) is 15.8 Å². The van der Waals surface area contributed by atoms with Crippen LogP contribution in [0.5, 0.6) is 5.75 Å². The number of amides is 2. The Morgan fingerprint density at radius 3 is 2.25 bits per heavy atom. The predicted octanol–water partition coefficient (Wildman–Crippen LogP) is 7.72. The molecule has 7 rings (SSSR count). The number of rotatable bonds is 11. The van der Waals surface area contributed by atoms with Crippen LogP contribution in [0.15, 0.2) is 120 Å². The van der Waals surface area contributed by atoms with Crippen molar-refractivity contribution in [2.75, 3.05) is 18.1 Å². The summed E-state index contributed by atoms with van der Waals surface area (Å²) in [6, 6.07) is 30.6. The summed E-state index contributed by atoms with van der Waals surface area (Å²) >= 11 is 0. The monoisotopic (exact) mass is 760 g/mol. The summed E-state index contributed by atoms with van der Waals surface area (Å²) in [4.78, 5) is 40.8. The maximum absolute atomic E-state index is 14.3. The van der Waals surface area contributed by atoms with E-state index in [4.69, 9.17) is 9.16 Å². The number of non-ortho nitro benzene ring substituents is 1. The van der Waals surface area contributed by atoms with E-state index in [-0.39, 0.29) is 53.5 Å². The van der Waals surface area contributed by atoms with Crippen molar-refractivity contribution in [2.24, 2.45) is 17.8 Å². The highest BCUT2D eigenvalue weighted by Crippen LogP contribution is 2.51. The maximum atomic E-state index is 14.3. The molecule has 1 N–H and O–H groups in total. The second kappa shape index (κ2) is 15.1. The van der Waals surface area contributed by atoms with Crippen molar-refractivity contribution in [3.05, 3.63) is 141 Å². The van der Waals surface area contributed by atoms with Gasteiger partial charge in [-0.25, -0.2) is 9.29 Å². The van der Waals surface area contributed by atoms with Crippen molar-refractivity contribution in [3.63, 3.8) is 0 Å². The molecule has 0 unspecified atom stereocenters. The lowest BCUT2D eigenvalue weighted by molar-refractivity contribution is -0.384. The first kappa shape index (κ1) is 38.1. The zero-order valence-corrected chi connectivity index (χ0v) is 32.4. The molecule has 2 amide bonds. The van der Waals surface area contributed by atoms with E-state index in [1.807, 2.05) is 49.4 Å². The fourth-order valence-corrected chi connectivity index (χ4v) is 13.4. The van der Waals surface area contributed by atoms with Gasteiger partial charge in [-0.05, 0) is 76.5 Å². The van der Waals surface area contributed by atoms with Gasteiger partial charge in [0.2, 0.25) is 11.8 Å². The van der Waals surface area contributed by atoms with E-state index in [0.29, 0.717) is 24.8 Å². The van der Waals surface area contributed by atoms with Crippen LogP contribution in [-0.4, -0.2) is 49.5 Å². The van der Waals surface area contributed by atoms with Crippen LogP contribution in [0.1, 0.15) is 52.5 Å². The van der Waals surface area contributed by atoms with Gasteiger partial charge in [-0.15, -0.1) is 0 Å². The van der Waals surface area contributed by atoms with Gasteiger partial charge in [-0.1, -0.05) is 105 Å². The lowest BCUT2D eigenvalue weighted by Gasteiger charge is -2.44. The average Bonchev–Trinajstić information content (AvgIpc) is 3.70. The quantitative estimate of drug-likeness (QED) is 0.0547. The molecule has 1 aliphatic carbocycles. The molecule has 2 fully saturated rings. The highest BCUT2D eigenvalue weighted by atomic mass is 28.4. The van der Waals surface area contributed by atoms with Gasteiger partial charge in [0.1, 0.15) is 0 Å². The molecule has 55 heavy (non-hydrogen) atoms. The Hall–Kier alpha value is -5.23. The van der Waals surface area contributed by atoms with E-state index < -0.39 is 36.6 Å². The van der Waals surface area contributed by atoms with Crippen molar-refractivity contribution < 1.29 is 33.2 Å². The van der Waals surface area contributed by atoms with E-state index in [0.717, 1.165) is 32.0 Å². The van der Waals surface area contributed by atoms with Gasteiger partial charge in [-0.2, -0.15) is 0 Å². The highest BCUT2D eigenvalue weighted by molar-refractivity contribution is 6.99. The number of nitro groups is 1. The van der Waals surface area contributed by atoms with Crippen LogP contribution >= 0.6 is 0 Å². The number of ether oxygens (including phenoxy) is 1. The van der Waals surface area contributed by atoms with E-state index >= 15 is 0 Å². The number of benzene rings is 4. The van der Waals surface area contributed by atoms with E-state index in [9.17, 15) is 29.2 Å².